The summed E-state index contributed by atoms with van der Waals surface area (Å²) < 4.78 is 0. The Labute approximate surface area is 178 Å². The fourth-order valence-electron chi connectivity index (χ4n) is 4.64. The van der Waals surface area contributed by atoms with Crippen molar-refractivity contribution in [3.63, 3.8) is 0 Å². The first-order chi connectivity index (χ1) is 14.4. The van der Waals surface area contributed by atoms with Gasteiger partial charge >= 0.3 is 0 Å². The molecule has 5 nitrogen and oxygen atoms in total. The number of aromatic nitrogens is 1. The molecule has 4 rings (SSSR count). The number of carbonyl (C=O) groups excluding carboxylic acids is 2. The molecule has 2 aliphatic rings. The summed E-state index contributed by atoms with van der Waals surface area (Å²) in [6.45, 7) is 6.06. The lowest BCUT2D eigenvalue weighted by Gasteiger charge is -2.33. The molecule has 0 bridgehead atoms. The quantitative estimate of drug-likeness (QED) is 0.799. The van der Waals surface area contributed by atoms with E-state index in [9.17, 15) is 9.59 Å². The predicted octanol–water partition coefficient (Wildman–Crippen LogP) is 3.58. The van der Waals surface area contributed by atoms with Gasteiger partial charge in [0, 0.05) is 31.1 Å². The first-order valence-corrected chi connectivity index (χ1v) is 11.0. The van der Waals surface area contributed by atoms with Crippen LogP contribution in [0.15, 0.2) is 42.5 Å². The summed E-state index contributed by atoms with van der Waals surface area (Å²) in [7, 11) is 0. The number of benzene rings is 1. The molecule has 1 spiro atoms. The van der Waals surface area contributed by atoms with E-state index in [1.165, 1.54) is 11.1 Å². The van der Waals surface area contributed by atoms with E-state index in [0.29, 0.717) is 13.0 Å². The second-order valence-corrected chi connectivity index (χ2v) is 8.97. The first-order valence-electron chi connectivity index (χ1n) is 11.0. The van der Waals surface area contributed by atoms with Gasteiger partial charge in [-0.25, -0.2) is 0 Å². The average Bonchev–Trinajstić information content (AvgIpc) is 3.45. The van der Waals surface area contributed by atoms with Crippen LogP contribution >= 0.6 is 0 Å². The zero-order valence-electron chi connectivity index (χ0n) is 18.0. The van der Waals surface area contributed by atoms with E-state index < -0.39 is 0 Å². The molecule has 1 unspecified atom stereocenters. The molecule has 2 aromatic rings. The fourth-order valence-corrected chi connectivity index (χ4v) is 4.64. The van der Waals surface area contributed by atoms with E-state index in [2.05, 4.69) is 41.5 Å². The van der Waals surface area contributed by atoms with E-state index >= 15 is 0 Å². The number of nitrogens with zero attached hydrogens (tertiary/aromatic N) is 2. The molecular weight excluding hydrogens is 374 g/mol. The third kappa shape index (κ3) is 4.72. The summed E-state index contributed by atoms with van der Waals surface area (Å²) in [4.78, 5) is 31.7. The van der Waals surface area contributed by atoms with Crippen molar-refractivity contribution in [2.24, 2.45) is 11.3 Å². The molecule has 1 saturated heterocycles. The molecule has 1 N–H and O–H groups in total. The monoisotopic (exact) mass is 405 g/mol. The molecule has 0 radical (unpaired) electrons. The number of amides is 2. The van der Waals surface area contributed by atoms with Crippen LogP contribution in [0.2, 0.25) is 0 Å². The molecule has 1 aromatic carbocycles. The van der Waals surface area contributed by atoms with Gasteiger partial charge in [0.05, 0.1) is 12.2 Å². The van der Waals surface area contributed by atoms with Crippen molar-refractivity contribution in [2.45, 2.75) is 52.5 Å². The van der Waals surface area contributed by atoms with Crippen molar-refractivity contribution >= 4 is 11.8 Å². The number of nitrogens with one attached hydrogen (secondary N) is 1. The van der Waals surface area contributed by atoms with Gasteiger partial charge in [-0.2, -0.15) is 0 Å². The van der Waals surface area contributed by atoms with E-state index in [1.54, 1.807) is 0 Å². The number of hydrogen-bond acceptors (Lipinski definition) is 3. The lowest BCUT2D eigenvalue weighted by Crippen LogP contribution is -2.40. The van der Waals surface area contributed by atoms with Gasteiger partial charge in [0.15, 0.2) is 0 Å². The van der Waals surface area contributed by atoms with Crippen LogP contribution in [0.5, 0.6) is 0 Å². The molecule has 1 aliphatic carbocycles. The summed E-state index contributed by atoms with van der Waals surface area (Å²) in [5, 5.41) is 3.05. The van der Waals surface area contributed by atoms with E-state index in [0.717, 1.165) is 50.2 Å². The van der Waals surface area contributed by atoms with Crippen LogP contribution in [0.3, 0.4) is 0 Å². The van der Waals surface area contributed by atoms with Gasteiger partial charge in [0.25, 0.3) is 0 Å². The molecule has 5 heteroatoms. The number of likely N-dealkylation sites (tertiary alicyclic amines) is 1. The summed E-state index contributed by atoms with van der Waals surface area (Å²) in [6.07, 6.45) is 4.17. The van der Waals surface area contributed by atoms with Gasteiger partial charge in [0.1, 0.15) is 0 Å². The summed E-state index contributed by atoms with van der Waals surface area (Å²) in [5.41, 5.74) is 4.42. The Kier molecular flexibility index (Phi) is 5.89. The Morgan fingerprint density at radius 1 is 1.10 bits per heavy atom. The molecule has 1 aliphatic heterocycles. The largest absolute Gasteiger partial charge is 0.350 e. The molecular formula is C25H31N3O2. The predicted molar refractivity (Wildman–Crippen MR) is 117 cm³/mol. The van der Waals surface area contributed by atoms with Crippen LogP contribution in [0.1, 0.15) is 48.2 Å². The van der Waals surface area contributed by atoms with Crippen LogP contribution in [-0.4, -0.2) is 34.8 Å². The van der Waals surface area contributed by atoms with Crippen LogP contribution in [0.4, 0.5) is 0 Å². The molecule has 158 valence electrons. The molecule has 1 atom stereocenters. The minimum Gasteiger partial charge on any atom is -0.350 e. The highest BCUT2D eigenvalue weighted by Crippen LogP contribution is 2.59. The maximum atomic E-state index is 12.6. The summed E-state index contributed by atoms with van der Waals surface area (Å²) in [6, 6.07) is 14.3. The molecule has 30 heavy (non-hydrogen) atoms. The van der Waals surface area contributed by atoms with Crippen LogP contribution in [0.25, 0.3) is 0 Å². The molecule has 2 heterocycles. The maximum absolute atomic E-state index is 12.6. The van der Waals surface area contributed by atoms with Crippen molar-refractivity contribution in [1.82, 2.24) is 15.2 Å². The zero-order chi connectivity index (χ0) is 21.1. The lowest BCUT2D eigenvalue weighted by atomic mass is 9.90. The third-order valence-corrected chi connectivity index (χ3v) is 6.76. The maximum Gasteiger partial charge on any atom is 0.224 e. The smallest absolute Gasteiger partial charge is 0.224 e. The van der Waals surface area contributed by atoms with E-state index in [-0.39, 0.29) is 23.1 Å². The summed E-state index contributed by atoms with van der Waals surface area (Å²) >= 11 is 0. The Morgan fingerprint density at radius 2 is 1.83 bits per heavy atom. The van der Waals surface area contributed by atoms with Crippen molar-refractivity contribution < 1.29 is 9.59 Å². The van der Waals surface area contributed by atoms with Crippen LogP contribution in [0, 0.1) is 25.2 Å². The molecule has 2 fully saturated rings. The SMILES string of the molecule is Cc1ccc(CCC(=O)N2CCC3(CC2)CC3C(=O)NCc2cccc(C)n2)cc1. The number of hydrogen-bond donors (Lipinski definition) is 1. The second kappa shape index (κ2) is 8.58. The standard InChI is InChI=1S/C25H31N3O2/c1-18-6-8-20(9-7-18)10-11-23(29)28-14-12-25(13-15-28)16-22(25)24(30)26-17-21-5-3-4-19(2)27-21/h3-9,22H,10-17H2,1-2H3,(H,26,30). The van der Waals surface area contributed by atoms with Crippen LogP contribution in [-0.2, 0) is 22.6 Å². The van der Waals surface area contributed by atoms with Crippen molar-refractivity contribution in [3.05, 3.63) is 65.0 Å². The van der Waals surface area contributed by atoms with Crippen molar-refractivity contribution in [2.75, 3.05) is 13.1 Å². The molecule has 2 amide bonds. The van der Waals surface area contributed by atoms with Crippen LogP contribution < -0.4 is 5.32 Å². The van der Waals surface area contributed by atoms with Gasteiger partial charge in [-0.05, 0) is 62.6 Å². The molecule has 1 saturated carbocycles. The third-order valence-electron chi connectivity index (χ3n) is 6.76. The number of aryl methyl sites for hydroxylation is 3. The zero-order valence-corrected chi connectivity index (χ0v) is 18.0. The highest BCUT2D eigenvalue weighted by Gasteiger charge is 2.58. The Morgan fingerprint density at radius 3 is 2.53 bits per heavy atom. The number of pyridine rings is 1. The highest BCUT2D eigenvalue weighted by atomic mass is 16.2. The molecule has 1 aromatic heterocycles. The van der Waals surface area contributed by atoms with Gasteiger partial charge < -0.3 is 10.2 Å². The van der Waals surface area contributed by atoms with Crippen molar-refractivity contribution in [1.29, 1.82) is 0 Å². The normalized spacial score (nSPS) is 19.5. The Bertz CT molecular complexity index is 914. The number of piperidine rings is 1. The minimum absolute atomic E-state index is 0.0899. The van der Waals surface area contributed by atoms with Gasteiger partial charge in [-0.15, -0.1) is 0 Å². The number of carbonyl (C=O) groups is 2. The first kappa shape index (κ1) is 20.6. The average molecular weight is 406 g/mol. The van der Waals surface area contributed by atoms with E-state index in [4.69, 9.17) is 0 Å². The lowest BCUT2D eigenvalue weighted by molar-refractivity contribution is -0.132. The topological polar surface area (TPSA) is 62.3 Å². The van der Waals surface area contributed by atoms with Gasteiger partial charge in [-0.1, -0.05) is 35.9 Å². The summed E-state index contributed by atoms with van der Waals surface area (Å²) in [5.74, 6) is 0.460. The Balaban J connectivity index is 1.21. The van der Waals surface area contributed by atoms with Gasteiger partial charge in [0.2, 0.25) is 11.8 Å². The second-order valence-electron chi connectivity index (χ2n) is 8.97. The van der Waals surface area contributed by atoms with Crippen molar-refractivity contribution in [3.8, 4) is 0 Å². The number of rotatable bonds is 6. The highest BCUT2D eigenvalue weighted by molar-refractivity contribution is 5.83. The van der Waals surface area contributed by atoms with E-state index in [1.807, 2.05) is 30.0 Å². The minimum atomic E-state index is 0.0899. The Hall–Kier alpha value is -2.69. The van der Waals surface area contributed by atoms with Gasteiger partial charge in [-0.3, -0.25) is 14.6 Å². The fraction of sp³-hybridized carbons (Fsp3) is 0.480.